The number of carbonyl (C=O) groups is 2. The number of anilines is 2. The first kappa shape index (κ1) is 14.7. The smallest absolute Gasteiger partial charge is 0.335 e. The van der Waals surface area contributed by atoms with Crippen LogP contribution in [0, 0.1) is 11.3 Å². The van der Waals surface area contributed by atoms with Crippen LogP contribution in [0.3, 0.4) is 0 Å². The lowest BCUT2D eigenvalue weighted by molar-refractivity contribution is -0.112. The van der Waals surface area contributed by atoms with Crippen molar-refractivity contribution in [2.24, 2.45) is 0 Å². The Morgan fingerprint density at radius 3 is 2.86 bits per heavy atom. The molecule has 0 atom stereocenters. The van der Waals surface area contributed by atoms with Gasteiger partial charge >= 0.3 is 5.97 Å². The summed E-state index contributed by atoms with van der Waals surface area (Å²) in [5.74, 6) is -1.52. The van der Waals surface area contributed by atoms with Gasteiger partial charge < -0.3 is 15.7 Å². The summed E-state index contributed by atoms with van der Waals surface area (Å²) in [4.78, 5) is 26.6. The summed E-state index contributed by atoms with van der Waals surface area (Å²) >= 11 is 0. The molecule has 0 saturated heterocycles. The monoisotopic (exact) mass is 298 g/mol. The number of H-pyrrole nitrogens is 1. The Kier molecular flexibility index (Phi) is 4.46. The van der Waals surface area contributed by atoms with E-state index < -0.39 is 11.9 Å². The molecular formula is C13H10N6O3. The second kappa shape index (κ2) is 6.67. The summed E-state index contributed by atoms with van der Waals surface area (Å²) in [5, 5.41) is 29.0. The van der Waals surface area contributed by atoms with Gasteiger partial charge in [-0.1, -0.05) is 6.07 Å². The van der Waals surface area contributed by atoms with Crippen LogP contribution in [0.25, 0.3) is 0 Å². The predicted octanol–water partition coefficient (Wildman–Crippen LogP) is 0.961. The molecule has 9 heteroatoms. The minimum atomic E-state index is -1.11. The first-order chi connectivity index (χ1) is 10.6. The summed E-state index contributed by atoms with van der Waals surface area (Å²) in [6.07, 6.45) is 2.43. The number of amides is 1. The van der Waals surface area contributed by atoms with Crippen LogP contribution in [0.15, 0.2) is 42.4 Å². The van der Waals surface area contributed by atoms with E-state index in [0.29, 0.717) is 0 Å². The lowest BCUT2D eigenvalue weighted by atomic mass is 10.2. The fourth-order valence-electron chi connectivity index (χ4n) is 1.49. The third-order valence-electron chi connectivity index (χ3n) is 2.50. The van der Waals surface area contributed by atoms with Gasteiger partial charge in [-0.2, -0.15) is 15.3 Å². The van der Waals surface area contributed by atoms with Crippen LogP contribution in [-0.4, -0.2) is 32.2 Å². The Balaban J connectivity index is 2.09. The molecule has 0 bridgehead atoms. The van der Waals surface area contributed by atoms with Gasteiger partial charge in [0.1, 0.15) is 18.0 Å². The van der Waals surface area contributed by atoms with E-state index >= 15 is 0 Å². The first-order valence-electron chi connectivity index (χ1n) is 5.97. The Bertz CT molecular complexity index is 760. The zero-order chi connectivity index (χ0) is 15.9. The molecule has 9 nitrogen and oxygen atoms in total. The molecule has 110 valence electrons. The highest BCUT2D eigenvalue weighted by Crippen LogP contribution is 2.12. The van der Waals surface area contributed by atoms with Crippen molar-refractivity contribution >= 4 is 23.5 Å². The van der Waals surface area contributed by atoms with E-state index in [1.165, 1.54) is 30.6 Å². The molecule has 1 heterocycles. The summed E-state index contributed by atoms with van der Waals surface area (Å²) in [7, 11) is 0. The number of aromatic nitrogens is 3. The van der Waals surface area contributed by atoms with Crippen molar-refractivity contribution in [3.8, 4) is 6.07 Å². The highest BCUT2D eigenvalue weighted by Gasteiger charge is 2.11. The largest absolute Gasteiger partial charge is 0.478 e. The van der Waals surface area contributed by atoms with Crippen molar-refractivity contribution in [1.82, 2.24) is 15.2 Å². The quantitative estimate of drug-likeness (QED) is 0.475. The number of hydrogen-bond acceptors (Lipinski definition) is 6. The van der Waals surface area contributed by atoms with Crippen molar-refractivity contribution in [3.05, 3.63) is 47.9 Å². The van der Waals surface area contributed by atoms with E-state index in [1.54, 1.807) is 6.07 Å². The first-order valence-corrected chi connectivity index (χ1v) is 5.97. The van der Waals surface area contributed by atoms with Gasteiger partial charge in [0, 0.05) is 11.9 Å². The number of nitrogens with one attached hydrogen (secondary N) is 3. The summed E-state index contributed by atoms with van der Waals surface area (Å²) in [6, 6.07) is 7.42. The number of aromatic carboxylic acids is 1. The van der Waals surface area contributed by atoms with Crippen molar-refractivity contribution in [1.29, 1.82) is 5.26 Å². The average molecular weight is 298 g/mol. The molecule has 0 unspecified atom stereocenters. The summed E-state index contributed by atoms with van der Waals surface area (Å²) in [5.41, 5.74) is 0.0860. The van der Waals surface area contributed by atoms with Gasteiger partial charge in [-0.3, -0.25) is 4.79 Å². The molecule has 0 fully saturated rings. The number of rotatable bonds is 5. The molecule has 1 aromatic carbocycles. The molecule has 0 aliphatic heterocycles. The number of nitriles is 1. The zero-order valence-electron chi connectivity index (χ0n) is 11.1. The van der Waals surface area contributed by atoms with E-state index in [0.717, 1.165) is 6.20 Å². The Hall–Kier alpha value is -3.67. The van der Waals surface area contributed by atoms with Gasteiger partial charge in [-0.05, 0) is 18.2 Å². The van der Waals surface area contributed by atoms with E-state index in [4.69, 9.17) is 10.4 Å². The number of carboxylic acid groups (broad SMARTS) is 1. The number of aromatic amines is 1. The molecular weight excluding hydrogens is 288 g/mol. The molecule has 4 N–H and O–H groups in total. The van der Waals surface area contributed by atoms with Crippen molar-refractivity contribution in [2.75, 3.05) is 10.6 Å². The van der Waals surface area contributed by atoms with Crippen LogP contribution in [0.1, 0.15) is 10.4 Å². The van der Waals surface area contributed by atoms with Gasteiger partial charge in [0.25, 0.3) is 5.91 Å². The molecule has 1 amide bonds. The third-order valence-corrected chi connectivity index (χ3v) is 2.50. The number of hydrogen-bond donors (Lipinski definition) is 4. The molecule has 0 saturated carbocycles. The van der Waals surface area contributed by atoms with Gasteiger partial charge in [0.2, 0.25) is 5.95 Å². The van der Waals surface area contributed by atoms with Crippen LogP contribution in [0.2, 0.25) is 0 Å². The van der Waals surface area contributed by atoms with Crippen LogP contribution in [0.5, 0.6) is 0 Å². The Labute approximate surface area is 124 Å². The minimum absolute atomic E-state index is 0.0278. The van der Waals surface area contributed by atoms with E-state index in [9.17, 15) is 9.59 Å². The molecule has 22 heavy (non-hydrogen) atoms. The van der Waals surface area contributed by atoms with Crippen LogP contribution >= 0.6 is 0 Å². The highest BCUT2D eigenvalue weighted by atomic mass is 16.4. The maximum atomic E-state index is 11.9. The molecule has 0 spiro atoms. The molecule has 1 aromatic heterocycles. The molecule has 0 radical (unpaired) electrons. The lowest BCUT2D eigenvalue weighted by Gasteiger charge is -2.05. The van der Waals surface area contributed by atoms with Crippen LogP contribution in [-0.2, 0) is 4.79 Å². The molecule has 0 aliphatic carbocycles. The summed E-state index contributed by atoms with van der Waals surface area (Å²) in [6.45, 7) is 0. The van der Waals surface area contributed by atoms with Crippen molar-refractivity contribution < 1.29 is 14.7 Å². The Morgan fingerprint density at radius 1 is 1.41 bits per heavy atom. The molecule has 2 aromatic rings. The average Bonchev–Trinajstić information content (AvgIpc) is 3.01. The number of nitrogens with zero attached hydrogens (tertiary/aromatic N) is 3. The fourth-order valence-corrected chi connectivity index (χ4v) is 1.49. The van der Waals surface area contributed by atoms with Gasteiger partial charge in [-0.25, -0.2) is 9.89 Å². The van der Waals surface area contributed by atoms with Crippen molar-refractivity contribution in [3.63, 3.8) is 0 Å². The number of benzene rings is 1. The number of carbonyl (C=O) groups excluding carboxylic acids is 1. The fraction of sp³-hybridized carbons (Fsp3) is 0. The standard InChI is InChI=1S/C13H10N6O3/c14-5-9(6-15-13-16-7-17-19-13)11(20)18-10-3-1-2-8(4-10)12(21)22/h1-4,6-7H,(H,18,20)(H,21,22)(H2,15,16,17,19)/b9-6-. The third kappa shape index (κ3) is 3.67. The second-order valence-corrected chi connectivity index (χ2v) is 3.99. The molecule has 0 aliphatic rings. The summed E-state index contributed by atoms with van der Waals surface area (Å²) < 4.78 is 0. The Morgan fingerprint density at radius 2 is 2.23 bits per heavy atom. The lowest BCUT2D eigenvalue weighted by Crippen LogP contribution is -2.15. The topological polar surface area (TPSA) is 144 Å². The highest BCUT2D eigenvalue weighted by molar-refractivity contribution is 6.07. The maximum Gasteiger partial charge on any atom is 0.335 e. The zero-order valence-corrected chi connectivity index (χ0v) is 11.1. The van der Waals surface area contributed by atoms with Crippen LogP contribution in [0.4, 0.5) is 11.6 Å². The van der Waals surface area contributed by atoms with E-state index in [1.807, 2.05) is 0 Å². The second-order valence-electron chi connectivity index (χ2n) is 3.99. The predicted molar refractivity (Wildman–Crippen MR) is 75.7 cm³/mol. The van der Waals surface area contributed by atoms with Crippen molar-refractivity contribution in [2.45, 2.75) is 0 Å². The van der Waals surface area contributed by atoms with Crippen LogP contribution < -0.4 is 10.6 Å². The SMILES string of the molecule is N#C/C(=C/Nc1ncn[nH]1)C(=O)Nc1cccc(C(=O)O)c1. The van der Waals surface area contributed by atoms with E-state index in [-0.39, 0.29) is 22.8 Å². The maximum absolute atomic E-state index is 11.9. The van der Waals surface area contributed by atoms with E-state index in [2.05, 4.69) is 25.8 Å². The minimum Gasteiger partial charge on any atom is -0.478 e. The van der Waals surface area contributed by atoms with Gasteiger partial charge in [-0.15, -0.1) is 0 Å². The van der Waals surface area contributed by atoms with Gasteiger partial charge in [0.05, 0.1) is 5.56 Å². The molecule has 2 rings (SSSR count). The van der Waals surface area contributed by atoms with Gasteiger partial charge in [0.15, 0.2) is 0 Å². The normalized spacial score (nSPS) is 10.6. The number of carboxylic acids is 1.